The molecule has 1 aliphatic heterocycles. The number of hydrogen-bond acceptors (Lipinski definition) is 9. The lowest BCUT2D eigenvalue weighted by molar-refractivity contribution is -0.144. The Morgan fingerprint density at radius 1 is 0.976 bits per heavy atom. The van der Waals surface area contributed by atoms with Crippen molar-refractivity contribution in [2.45, 2.75) is 69.6 Å². The summed E-state index contributed by atoms with van der Waals surface area (Å²) in [6, 6.07) is -4.45. The van der Waals surface area contributed by atoms with Crippen molar-refractivity contribution in [3.8, 4) is 0 Å². The van der Waals surface area contributed by atoms with Crippen LogP contribution in [0.3, 0.4) is 0 Å². The number of likely N-dealkylation sites (tertiary alicyclic amines) is 1. The number of amides is 6. The third-order valence-corrected chi connectivity index (χ3v) is 6.12. The van der Waals surface area contributed by atoms with Crippen LogP contribution in [0.2, 0.25) is 0 Å². The number of aliphatic imine (C=N–C) groups is 1. The summed E-state index contributed by atoms with van der Waals surface area (Å²) in [6.45, 7) is 0.932. The Kier molecular flexibility index (Phi) is 14.5. The van der Waals surface area contributed by atoms with Crippen LogP contribution in [0.4, 0.5) is 0 Å². The van der Waals surface area contributed by atoms with E-state index in [9.17, 15) is 38.7 Å². The smallest absolute Gasteiger partial charge is 0.326 e. The predicted molar refractivity (Wildman–Crippen MR) is 144 cm³/mol. The SMILES string of the molecule is C[C@H](NC(=O)CN)C(=O)N[C@@H](CCCN=C(N)N)C(=O)NCC(=O)N1CCC[C@H]1C(=O)N[C@@H](CCC(N)=O)C(=O)O. The summed E-state index contributed by atoms with van der Waals surface area (Å²) in [5, 5.41) is 19.0. The molecule has 0 aromatic heterocycles. The molecule has 6 amide bonds. The first-order valence-corrected chi connectivity index (χ1v) is 13.0. The van der Waals surface area contributed by atoms with Gasteiger partial charge < -0.3 is 54.2 Å². The molecule has 0 bridgehead atoms. The molecule has 230 valence electrons. The van der Waals surface area contributed by atoms with Gasteiger partial charge in [0.2, 0.25) is 35.4 Å². The van der Waals surface area contributed by atoms with E-state index < -0.39 is 72.1 Å². The van der Waals surface area contributed by atoms with Crippen molar-refractivity contribution in [2.75, 3.05) is 26.2 Å². The third kappa shape index (κ3) is 12.5. The van der Waals surface area contributed by atoms with Crippen LogP contribution < -0.4 is 44.2 Å². The maximum Gasteiger partial charge on any atom is 0.326 e. The van der Waals surface area contributed by atoms with Gasteiger partial charge in [0.05, 0.1) is 13.1 Å². The van der Waals surface area contributed by atoms with E-state index in [1.54, 1.807) is 0 Å². The lowest BCUT2D eigenvalue weighted by Gasteiger charge is -2.26. The van der Waals surface area contributed by atoms with Gasteiger partial charge in [-0.1, -0.05) is 0 Å². The Morgan fingerprint density at radius 2 is 1.66 bits per heavy atom. The second kappa shape index (κ2) is 17.3. The molecule has 18 heteroatoms. The molecule has 1 heterocycles. The Morgan fingerprint density at radius 3 is 2.24 bits per heavy atom. The van der Waals surface area contributed by atoms with Crippen LogP contribution in [-0.2, 0) is 33.6 Å². The fourth-order valence-corrected chi connectivity index (χ4v) is 3.97. The van der Waals surface area contributed by atoms with Crippen LogP contribution in [-0.4, -0.2) is 108 Å². The number of guanidine groups is 1. The molecule has 0 aromatic rings. The summed E-state index contributed by atoms with van der Waals surface area (Å²) in [4.78, 5) is 90.1. The lowest BCUT2D eigenvalue weighted by Crippen LogP contribution is -2.55. The van der Waals surface area contributed by atoms with E-state index in [0.717, 1.165) is 0 Å². The molecule has 0 unspecified atom stereocenters. The minimum absolute atomic E-state index is 0.0940. The number of nitrogens with one attached hydrogen (secondary N) is 4. The van der Waals surface area contributed by atoms with Crippen molar-refractivity contribution >= 4 is 47.4 Å². The molecule has 1 saturated heterocycles. The summed E-state index contributed by atoms with van der Waals surface area (Å²) < 4.78 is 0. The van der Waals surface area contributed by atoms with Crippen LogP contribution >= 0.6 is 0 Å². The number of carbonyl (C=O) groups excluding carboxylic acids is 6. The van der Waals surface area contributed by atoms with E-state index in [1.807, 2.05) is 0 Å². The fraction of sp³-hybridized carbons (Fsp3) is 0.652. The summed E-state index contributed by atoms with van der Waals surface area (Å²) in [5.74, 6) is -5.48. The van der Waals surface area contributed by atoms with Gasteiger partial charge in [-0.2, -0.15) is 0 Å². The number of nitrogens with two attached hydrogens (primary N) is 4. The van der Waals surface area contributed by atoms with E-state index in [1.165, 1.54) is 11.8 Å². The molecule has 1 aliphatic rings. The van der Waals surface area contributed by atoms with Crippen LogP contribution in [0.25, 0.3) is 0 Å². The monoisotopic (exact) mass is 584 g/mol. The molecule has 1 rings (SSSR count). The van der Waals surface area contributed by atoms with Gasteiger partial charge in [0.25, 0.3) is 0 Å². The first-order valence-electron chi connectivity index (χ1n) is 13.0. The standard InChI is InChI=1S/C23H40N10O8/c1-12(30-17(35)10-24)19(37)31-13(4-2-8-28-23(26)27)20(38)29-11-18(36)33-9-3-5-15(33)21(39)32-14(22(40)41)6-7-16(25)34/h12-15H,2-11,24H2,1H3,(H2,25,34)(H,29,38)(H,30,35)(H,31,37)(H,32,39)(H,40,41)(H4,26,27,28)/t12-,13-,14-,15-/m0/s1. The number of hydrogen-bond donors (Lipinski definition) is 9. The van der Waals surface area contributed by atoms with Crippen molar-refractivity contribution in [3.63, 3.8) is 0 Å². The van der Waals surface area contributed by atoms with E-state index >= 15 is 0 Å². The highest BCUT2D eigenvalue weighted by Gasteiger charge is 2.36. The number of carbonyl (C=O) groups is 7. The third-order valence-electron chi connectivity index (χ3n) is 6.12. The normalized spacial score (nSPS) is 16.4. The summed E-state index contributed by atoms with van der Waals surface area (Å²) in [6.07, 6.45) is 0.659. The van der Waals surface area contributed by atoms with E-state index in [0.29, 0.717) is 12.8 Å². The molecule has 13 N–H and O–H groups in total. The average Bonchev–Trinajstić information content (AvgIpc) is 3.40. The number of primary amides is 1. The Balaban J connectivity index is 2.83. The number of aliphatic carboxylic acids is 1. The van der Waals surface area contributed by atoms with Crippen molar-refractivity contribution in [2.24, 2.45) is 27.9 Å². The molecule has 0 spiro atoms. The Bertz CT molecular complexity index is 1020. The highest BCUT2D eigenvalue weighted by molar-refractivity contribution is 5.95. The summed E-state index contributed by atoms with van der Waals surface area (Å²) in [7, 11) is 0. The zero-order valence-electron chi connectivity index (χ0n) is 22.9. The molecule has 0 radical (unpaired) electrons. The van der Waals surface area contributed by atoms with Crippen LogP contribution in [0.1, 0.15) is 45.4 Å². The van der Waals surface area contributed by atoms with E-state index in [-0.39, 0.29) is 51.3 Å². The maximum atomic E-state index is 12.9. The zero-order chi connectivity index (χ0) is 31.1. The second-order valence-corrected chi connectivity index (χ2v) is 9.37. The molecule has 18 nitrogen and oxygen atoms in total. The molecule has 41 heavy (non-hydrogen) atoms. The van der Waals surface area contributed by atoms with Gasteiger partial charge in [0.15, 0.2) is 5.96 Å². The van der Waals surface area contributed by atoms with Gasteiger partial charge in [0.1, 0.15) is 24.2 Å². The molecular weight excluding hydrogens is 544 g/mol. The topological polar surface area (TPSA) is 308 Å². The van der Waals surface area contributed by atoms with Gasteiger partial charge in [-0.25, -0.2) is 4.79 Å². The number of nitrogens with zero attached hydrogens (tertiary/aromatic N) is 2. The van der Waals surface area contributed by atoms with Gasteiger partial charge >= 0.3 is 5.97 Å². The maximum absolute atomic E-state index is 12.9. The summed E-state index contributed by atoms with van der Waals surface area (Å²) >= 11 is 0. The minimum atomic E-state index is -1.37. The number of carboxylic acids is 1. The molecule has 0 aliphatic carbocycles. The van der Waals surface area contributed by atoms with Crippen molar-refractivity contribution in [3.05, 3.63) is 0 Å². The Hall–Kier alpha value is -4.48. The van der Waals surface area contributed by atoms with Crippen molar-refractivity contribution in [1.82, 2.24) is 26.2 Å². The van der Waals surface area contributed by atoms with Crippen LogP contribution in [0.5, 0.6) is 0 Å². The van der Waals surface area contributed by atoms with Gasteiger partial charge in [0, 0.05) is 19.5 Å². The first-order chi connectivity index (χ1) is 19.3. The Labute approximate surface area is 236 Å². The van der Waals surface area contributed by atoms with Gasteiger partial charge in [-0.3, -0.25) is 33.8 Å². The quantitative estimate of drug-likeness (QED) is 0.0442. The van der Waals surface area contributed by atoms with Crippen molar-refractivity contribution < 1.29 is 38.7 Å². The first kappa shape index (κ1) is 34.5. The van der Waals surface area contributed by atoms with Crippen molar-refractivity contribution in [1.29, 1.82) is 0 Å². The molecule has 0 saturated carbocycles. The largest absolute Gasteiger partial charge is 0.480 e. The fourth-order valence-electron chi connectivity index (χ4n) is 3.97. The molecular formula is C23H40N10O8. The van der Waals surface area contributed by atoms with Gasteiger partial charge in [-0.15, -0.1) is 0 Å². The number of carboxylic acid groups (broad SMARTS) is 1. The minimum Gasteiger partial charge on any atom is -0.480 e. The predicted octanol–water partition coefficient (Wildman–Crippen LogP) is -5.07. The average molecular weight is 585 g/mol. The highest BCUT2D eigenvalue weighted by Crippen LogP contribution is 2.18. The second-order valence-electron chi connectivity index (χ2n) is 9.37. The highest BCUT2D eigenvalue weighted by atomic mass is 16.4. The molecule has 4 atom stereocenters. The molecule has 0 aromatic carbocycles. The molecule has 1 fully saturated rings. The number of rotatable bonds is 17. The zero-order valence-corrected chi connectivity index (χ0v) is 22.9. The van der Waals surface area contributed by atoms with Gasteiger partial charge in [-0.05, 0) is 39.0 Å². The summed E-state index contributed by atoms with van der Waals surface area (Å²) in [5.41, 5.74) is 20.9. The van der Waals surface area contributed by atoms with Crippen LogP contribution in [0, 0.1) is 0 Å². The van der Waals surface area contributed by atoms with E-state index in [2.05, 4.69) is 26.3 Å². The van der Waals surface area contributed by atoms with Crippen LogP contribution in [0.15, 0.2) is 4.99 Å². The lowest BCUT2D eigenvalue weighted by atomic mass is 10.1. The van der Waals surface area contributed by atoms with E-state index in [4.69, 9.17) is 22.9 Å².